The van der Waals surface area contributed by atoms with Crippen molar-refractivity contribution in [1.82, 2.24) is 10.2 Å². The molecule has 0 aromatic heterocycles. The summed E-state index contributed by atoms with van der Waals surface area (Å²) in [6, 6.07) is 4.29. The van der Waals surface area contributed by atoms with E-state index in [1.165, 1.54) is 19.2 Å². The van der Waals surface area contributed by atoms with Gasteiger partial charge in [-0.2, -0.15) is 11.8 Å². The zero-order valence-electron chi connectivity index (χ0n) is 13.8. The number of nitrogens with one attached hydrogen (secondary N) is 1. The first-order chi connectivity index (χ1) is 11.6. The van der Waals surface area contributed by atoms with Gasteiger partial charge in [0.15, 0.2) is 11.6 Å². The van der Waals surface area contributed by atoms with Crippen molar-refractivity contribution < 1.29 is 18.7 Å². The number of morpholine rings is 1. The molecule has 2 fully saturated rings. The molecular weight excluding hydrogens is 331 g/mol. The van der Waals surface area contributed by atoms with Gasteiger partial charge in [-0.1, -0.05) is 0 Å². The summed E-state index contributed by atoms with van der Waals surface area (Å²) < 4.78 is 24.1. The largest absolute Gasteiger partial charge is 0.494 e. The number of carbonyl (C=O) groups excluding carboxylic acids is 1. The fraction of sp³-hybridized carbons (Fsp3) is 0.588. The van der Waals surface area contributed by atoms with Crippen molar-refractivity contribution in [3.05, 3.63) is 29.6 Å². The van der Waals surface area contributed by atoms with Crippen LogP contribution in [0.2, 0.25) is 0 Å². The number of thioether (sulfide) groups is 1. The third-order valence-electron chi connectivity index (χ3n) is 4.76. The Bertz CT molecular complexity index is 587. The van der Waals surface area contributed by atoms with Crippen LogP contribution >= 0.6 is 11.8 Å². The van der Waals surface area contributed by atoms with Crippen LogP contribution in [0.3, 0.4) is 0 Å². The first kappa shape index (κ1) is 17.5. The van der Waals surface area contributed by atoms with Crippen molar-refractivity contribution in [1.29, 1.82) is 0 Å². The molecule has 0 spiro atoms. The molecule has 2 aliphatic heterocycles. The lowest BCUT2D eigenvalue weighted by Crippen LogP contribution is -2.59. The fourth-order valence-corrected chi connectivity index (χ4v) is 4.77. The quantitative estimate of drug-likeness (QED) is 0.873. The number of rotatable bonds is 5. The van der Waals surface area contributed by atoms with Gasteiger partial charge in [0.2, 0.25) is 0 Å². The molecule has 5 nitrogen and oxygen atoms in total. The van der Waals surface area contributed by atoms with Crippen molar-refractivity contribution in [3.63, 3.8) is 0 Å². The Morgan fingerprint density at radius 3 is 2.88 bits per heavy atom. The Morgan fingerprint density at radius 2 is 2.25 bits per heavy atom. The Labute approximate surface area is 145 Å². The fourth-order valence-electron chi connectivity index (χ4n) is 3.29. The third-order valence-corrected chi connectivity index (χ3v) is 5.99. The Kier molecular flexibility index (Phi) is 5.63. The van der Waals surface area contributed by atoms with Crippen LogP contribution in [0.4, 0.5) is 4.39 Å². The van der Waals surface area contributed by atoms with Crippen LogP contribution < -0.4 is 10.1 Å². The molecular formula is C17H23FN2O3S. The van der Waals surface area contributed by atoms with Gasteiger partial charge in [-0.15, -0.1) is 0 Å². The lowest BCUT2D eigenvalue weighted by atomic mass is 9.95. The van der Waals surface area contributed by atoms with E-state index < -0.39 is 5.82 Å². The number of benzene rings is 1. The minimum absolute atomic E-state index is 0.0187. The predicted octanol–water partition coefficient (Wildman–Crippen LogP) is 1.77. The van der Waals surface area contributed by atoms with E-state index in [2.05, 4.69) is 10.2 Å². The third kappa shape index (κ3) is 3.68. The molecule has 2 saturated heterocycles. The number of hydrogen-bond donors (Lipinski definition) is 1. The first-order valence-corrected chi connectivity index (χ1v) is 9.32. The van der Waals surface area contributed by atoms with E-state index in [1.807, 2.05) is 11.8 Å². The van der Waals surface area contributed by atoms with Gasteiger partial charge in [0.1, 0.15) is 0 Å². The maximum atomic E-state index is 13.8. The van der Waals surface area contributed by atoms with Gasteiger partial charge in [0.05, 0.1) is 20.3 Å². The van der Waals surface area contributed by atoms with Crippen LogP contribution in [0, 0.1) is 5.82 Å². The highest BCUT2D eigenvalue weighted by Gasteiger charge is 2.40. The number of nitrogens with zero attached hydrogens (tertiary/aromatic N) is 1. The van der Waals surface area contributed by atoms with Gasteiger partial charge in [-0.05, 0) is 30.4 Å². The summed E-state index contributed by atoms with van der Waals surface area (Å²) >= 11 is 1.92. The number of amides is 1. The maximum absolute atomic E-state index is 13.8. The van der Waals surface area contributed by atoms with Gasteiger partial charge in [-0.25, -0.2) is 4.39 Å². The molecule has 1 atom stereocenters. The molecule has 1 aromatic carbocycles. The SMILES string of the molecule is COc1ccc(C(=O)NCC2(N3CCOCC3)CCSC2)cc1F. The van der Waals surface area contributed by atoms with Crippen LogP contribution in [0.25, 0.3) is 0 Å². The van der Waals surface area contributed by atoms with E-state index in [-0.39, 0.29) is 17.2 Å². The summed E-state index contributed by atoms with van der Waals surface area (Å²) in [6.45, 7) is 3.85. The van der Waals surface area contributed by atoms with E-state index in [0.717, 1.165) is 44.2 Å². The van der Waals surface area contributed by atoms with E-state index >= 15 is 0 Å². The summed E-state index contributed by atoms with van der Waals surface area (Å²) in [6.07, 6.45) is 1.05. The molecule has 2 heterocycles. The monoisotopic (exact) mass is 354 g/mol. The van der Waals surface area contributed by atoms with Crippen LogP contribution in [0.15, 0.2) is 18.2 Å². The minimum Gasteiger partial charge on any atom is -0.494 e. The van der Waals surface area contributed by atoms with Crippen LogP contribution in [0.1, 0.15) is 16.8 Å². The average molecular weight is 354 g/mol. The van der Waals surface area contributed by atoms with Crippen molar-refractivity contribution in [2.45, 2.75) is 12.0 Å². The highest BCUT2D eigenvalue weighted by molar-refractivity contribution is 7.99. The van der Waals surface area contributed by atoms with Gasteiger partial charge in [0, 0.05) is 36.5 Å². The molecule has 0 bridgehead atoms. The zero-order valence-corrected chi connectivity index (χ0v) is 14.7. The van der Waals surface area contributed by atoms with Gasteiger partial charge >= 0.3 is 0 Å². The van der Waals surface area contributed by atoms with Crippen LogP contribution in [-0.2, 0) is 4.74 Å². The van der Waals surface area contributed by atoms with E-state index in [1.54, 1.807) is 6.07 Å². The molecule has 7 heteroatoms. The Balaban J connectivity index is 1.66. The summed E-state index contributed by atoms with van der Waals surface area (Å²) in [5.41, 5.74) is 0.297. The molecule has 0 saturated carbocycles. The molecule has 1 aromatic rings. The van der Waals surface area contributed by atoms with Gasteiger partial charge in [0.25, 0.3) is 5.91 Å². The second-order valence-corrected chi connectivity index (χ2v) is 7.26. The second-order valence-electron chi connectivity index (χ2n) is 6.16. The highest BCUT2D eigenvalue weighted by atomic mass is 32.2. The zero-order chi connectivity index (χ0) is 17.0. The maximum Gasteiger partial charge on any atom is 0.251 e. The first-order valence-electron chi connectivity index (χ1n) is 8.17. The number of ether oxygens (including phenoxy) is 2. The number of methoxy groups -OCH3 is 1. The van der Waals surface area contributed by atoms with Crippen molar-refractivity contribution in [2.24, 2.45) is 0 Å². The number of hydrogen-bond acceptors (Lipinski definition) is 5. The number of carbonyl (C=O) groups is 1. The molecule has 0 aliphatic carbocycles. The second kappa shape index (κ2) is 7.72. The van der Waals surface area contributed by atoms with Crippen molar-refractivity contribution in [2.75, 3.05) is 51.5 Å². The van der Waals surface area contributed by atoms with Gasteiger partial charge < -0.3 is 14.8 Å². The standard InChI is InChI=1S/C17H23FN2O3S/c1-22-15-3-2-13(10-14(15)18)16(21)19-11-17(4-9-24-12-17)20-5-7-23-8-6-20/h2-3,10H,4-9,11-12H2,1H3,(H,19,21). The van der Waals surface area contributed by atoms with Crippen LogP contribution in [-0.4, -0.2) is 67.8 Å². The molecule has 1 unspecified atom stereocenters. The predicted molar refractivity (Wildman–Crippen MR) is 92.4 cm³/mol. The molecule has 1 amide bonds. The molecule has 3 rings (SSSR count). The molecule has 1 N–H and O–H groups in total. The summed E-state index contributed by atoms with van der Waals surface area (Å²) in [7, 11) is 1.40. The summed E-state index contributed by atoms with van der Waals surface area (Å²) in [4.78, 5) is 14.8. The lowest BCUT2D eigenvalue weighted by Gasteiger charge is -2.43. The Hall–Kier alpha value is -1.31. The number of halogens is 1. The molecule has 132 valence electrons. The van der Waals surface area contributed by atoms with Crippen molar-refractivity contribution >= 4 is 17.7 Å². The normalized spacial score (nSPS) is 24.8. The summed E-state index contributed by atoms with van der Waals surface area (Å²) in [5, 5.41) is 3.00. The molecule has 0 radical (unpaired) electrons. The topological polar surface area (TPSA) is 50.8 Å². The van der Waals surface area contributed by atoms with Gasteiger partial charge in [-0.3, -0.25) is 9.69 Å². The van der Waals surface area contributed by atoms with Crippen molar-refractivity contribution in [3.8, 4) is 5.75 Å². The van der Waals surface area contributed by atoms with E-state index in [0.29, 0.717) is 12.1 Å². The summed E-state index contributed by atoms with van der Waals surface area (Å²) in [5.74, 6) is 1.48. The Morgan fingerprint density at radius 1 is 1.46 bits per heavy atom. The highest BCUT2D eigenvalue weighted by Crippen LogP contribution is 2.33. The van der Waals surface area contributed by atoms with E-state index in [4.69, 9.17) is 9.47 Å². The minimum atomic E-state index is -0.524. The molecule has 24 heavy (non-hydrogen) atoms. The lowest BCUT2D eigenvalue weighted by molar-refractivity contribution is -0.0129. The molecule has 2 aliphatic rings. The van der Waals surface area contributed by atoms with E-state index in [9.17, 15) is 9.18 Å². The van der Waals surface area contributed by atoms with Crippen LogP contribution in [0.5, 0.6) is 5.75 Å². The average Bonchev–Trinajstić information content (AvgIpc) is 3.10. The smallest absolute Gasteiger partial charge is 0.251 e.